The number of hydrogen-bond acceptors (Lipinski definition) is 3. The first-order valence-corrected chi connectivity index (χ1v) is 5.70. The van der Waals surface area contributed by atoms with E-state index in [4.69, 9.17) is 15.3 Å². The predicted molar refractivity (Wildman–Crippen MR) is 64.9 cm³/mol. The molecule has 18 heavy (non-hydrogen) atoms. The number of methoxy groups -OCH3 is 1. The number of ether oxygens (including phenoxy) is 1. The van der Waals surface area contributed by atoms with Crippen LogP contribution in [0.3, 0.4) is 0 Å². The molecule has 0 unspecified atom stereocenters. The standard InChI is InChI=1S/C14H15FN2O/c1-10(12-5-3-4-6-13(12)15)14(18-2)7-11(8-16)9-17/h3-6,10-11,14H,7H2,1-2H3/t10-,14-/m0/s1. The molecule has 0 aromatic heterocycles. The van der Waals surface area contributed by atoms with Crippen LogP contribution in [0.2, 0.25) is 0 Å². The summed E-state index contributed by atoms with van der Waals surface area (Å²) < 4.78 is 18.9. The molecule has 0 amide bonds. The van der Waals surface area contributed by atoms with Crippen LogP contribution in [0.4, 0.5) is 4.39 Å². The monoisotopic (exact) mass is 246 g/mol. The van der Waals surface area contributed by atoms with Crippen molar-refractivity contribution in [3.05, 3.63) is 35.6 Å². The Bertz CT molecular complexity index is 461. The highest BCUT2D eigenvalue weighted by Crippen LogP contribution is 2.27. The Hall–Kier alpha value is -1.91. The summed E-state index contributed by atoms with van der Waals surface area (Å²) in [5, 5.41) is 17.6. The second kappa shape index (κ2) is 6.74. The summed E-state index contributed by atoms with van der Waals surface area (Å²) in [6, 6.07) is 10.3. The van der Waals surface area contributed by atoms with Crippen molar-refractivity contribution in [2.24, 2.45) is 5.92 Å². The number of nitrogens with zero attached hydrogens (tertiary/aromatic N) is 2. The lowest BCUT2D eigenvalue weighted by molar-refractivity contribution is 0.0713. The van der Waals surface area contributed by atoms with Crippen molar-refractivity contribution in [3.63, 3.8) is 0 Å². The third kappa shape index (κ3) is 3.29. The first-order valence-electron chi connectivity index (χ1n) is 5.70. The van der Waals surface area contributed by atoms with Gasteiger partial charge in [-0.1, -0.05) is 25.1 Å². The van der Waals surface area contributed by atoms with E-state index in [1.54, 1.807) is 18.2 Å². The molecule has 0 aliphatic rings. The van der Waals surface area contributed by atoms with E-state index >= 15 is 0 Å². The Balaban J connectivity index is 2.87. The largest absolute Gasteiger partial charge is 0.381 e. The molecule has 2 atom stereocenters. The molecule has 1 rings (SSSR count). The second-order valence-corrected chi connectivity index (χ2v) is 4.13. The molecule has 1 aromatic rings. The molecule has 0 fully saturated rings. The van der Waals surface area contributed by atoms with Gasteiger partial charge in [0, 0.05) is 19.4 Å². The lowest BCUT2D eigenvalue weighted by Crippen LogP contribution is -2.22. The van der Waals surface area contributed by atoms with Gasteiger partial charge < -0.3 is 4.74 Å². The van der Waals surface area contributed by atoms with Crippen molar-refractivity contribution in [2.75, 3.05) is 7.11 Å². The van der Waals surface area contributed by atoms with Crippen molar-refractivity contribution in [1.82, 2.24) is 0 Å². The lowest BCUT2D eigenvalue weighted by Gasteiger charge is -2.23. The van der Waals surface area contributed by atoms with Crippen LogP contribution in [-0.4, -0.2) is 13.2 Å². The van der Waals surface area contributed by atoms with Gasteiger partial charge in [0.1, 0.15) is 11.7 Å². The molecule has 94 valence electrons. The fourth-order valence-electron chi connectivity index (χ4n) is 1.92. The maximum atomic E-state index is 13.7. The number of nitriles is 2. The summed E-state index contributed by atoms with van der Waals surface area (Å²) in [6.45, 7) is 1.83. The maximum Gasteiger partial charge on any atom is 0.135 e. The first-order chi connectivity index (χ1) is 8.63. The van der Waals surface area contributed by atoms with E-state index in [2.05, 4.69) is 0 Å². The van der Waals surface area contributed by atoms with Gasteiger partial charge in [-0.25, -0.2) is 4.39 Å². The van der Waals surface area contributed by atoms with E-state index in [0.29, 0.717) is 5.56 Å². The molecule has 0 aliphatic heterocycles. The van der Waals surface area contributed by atoms with Crippen LogP contribution in [-0.2, 0) is 4.74 Å². The smallest absolute Gasteiger partial charge is 0.135 e. The van der Waals surface area contributed by atoms with Gasteiger partial charge >= 0.3 is 0 Å². The minimum absolute atomic E-state index is 0.208. The van der Waals surface area contributed by atoms with Crippen LogP contribution in [0, 0.1) is 34.4 Å². The van der Waals surface area contributed by atoms with Crippen LogP contribution >= 0.6 is 0 Å². The van der Waals surface area contributed by atoms with E-state index in [1.165, 1.54) is 13.2 Å². The Morgan fingerprint density at radius 3 is 2.39 bits per heavy atom. The zero-order valence-corrected chi connectivity index (χ0v) is 10.4. The quantitative estimate of drug-likeness (QED) is 0.802. The van der Waals surface area contributed by atoms with Crippen molar-refractivity contribution in [1.29, 1.82) is 10.5 Å². The fraction of sp³-hybridized carbons (Fsp3) is 0.429. The second-order valence-electron chi connectivity index (χ2n) is 4.13. The lowest BCUT2D eigenvalue weighted by atomic mass is 9.89. The Morgan fingerprint density at radius 2 is 1.89 bits per heavy atom. The van der Waals surface area contributed by atoms with E-state index in [9.17, 15) is 4.39 Å². The molecule has 0 spiro atoms. The van der Waals surface area contributed by atoms with Crippen molar-refractivity contribution in [3.8, 4) is 12.1 Å². The molecule has 1 aromatic carbocycles. The number of benzene rings is 1. The predicted octanol–water partition coefficient (Wildman–Crippen LogP) is 3.00. The van der Waals surface area contributed by atoms with E-state index in [-0.39, 0.29) is 24.3 Å². The maximum absolute atomic E-state index is 13.7. The van der Waals surface area contributed by atoms with Gasteiger partial charge in [-0.15, -0.1) is 0 Å². The Kier molecular flexibility index (Phi) is 5.30. The van der Waals surface area contributed by atoms with Crippen molar-refractivity contribution < 1.29 is 9.13 Å². The zero-order chi connectivity index (χ0) is 13.5. The molecule has 0 saturated carbocycles. The molecular weight excluding hydrogens is 231 g/mol. The van der Waals surface area contributed by atoms with E-state index < -0.39 is 5.92 Å². The third-order valence-electron chi connectivity index (χ3n) is 3.04. The highest BCUT2D eigenvalue weighted by Gasteiger charge is 2.24. The van der Waals surface area contributed by atoms with Gasteiger partial charge in [0.2, 0.25) is 0 Å². The normalized spacial score (nSPS) is 13.7. The van der Waals surface area contributed by atoms with Crippen LogP contribution in [0.15, 0.2) is 24.3 Å². The molecule has 0 saturated heterocycles. The van der Waals surface area contributed by atoms with Crippen LogP contribution in [0.5, 0.6) is 0 Å². The molecule has 0 N–H and O–H groups in total. The van der Waals surface area contributed by atoms with E-state index in [0.717, 1.165) is 0 Å². The first kappa shape index (κ1) is 14.2. The van der Waals surface area contributed by atoms with Crippen LogP contribution < -0.4 is 0 Å². The molecule has 0 heterocycles. The molecule has 0 bridgehead atoms. The topological polar surface area (TPSA) is 56.8 Å². The Labute approximate surface area is 106 Å². The molecular formula is C14H15FN2O. The Morgan fingerprint density at radius 1 is 1.28 bits per heavy atom. The van der Waals surface area contributed by atoms with Gasteiger partial charge in [0.15, 0.2) is 0 Å². The van der Waals surface area contributed by atoms with Gasteiger partial charge in [0.25, 0.3) is 0 Å². The van der Waals surface area contributed by atoms with Gasteiger partial charge in [-0.05, 0) is 11.6 Å². The molecule has 0 aliphatic carbocycles. The van der Waals surface area contributed by atoms with Gasteiger partial charge in [-0.3, -0.25) is 0 Å². The average Bonchev–Trinajstić information content (AvgIpc) is 2.40. The summed E-state index contributed by atoms with van der Waals surface area (Å²) in [5.41, 5.74) is 0.541. The summed E-state index contributed by atoms with van der Waals surface area (Å²) in [6.07, 6.45) is -0.0786. The van der Waals surface area contributed by atoms with Gasteiger partial charge in [-0.2, -0.15) is 10.5 Å². The molecule has 3 nitrogen and oxygen atoms in total. The average molecular weight is 246 g/mol. The molecule has 0 radical (unpaired) electrons. The van der Waals surface area contributed by atoms with Crippen LogP contribution in [0.1, 0.15) is 24.8 Å². The van der Waals surface area contributed by atoms with Crippen molar-refractivity contribution in [2.45, 2.75) is 25.4 Å². The minimum atomic E-state index is -0.732. The summed E-state index contributed by atoms with van der Waals surface area (Å²) >= 11 is 0. The van der Waals surface area contributed by atoms with Gasteiger partial charge in [0.05, 0.1) is 18.2 Å². The number of hydrogen-bond donors (Lipinski definition) is 0. The van der Waals surface area contributed by atoms with Crippen molar-refractivity contribution >= 4 is 0 Å². The van der Waals surface area contributed by atoms with E-state index in [1.807, 2.05) is 19.1 Å². The minimum Gasteiger partial charge on any atom is -0.381 e. The number of halogens is 1. The highest BCUT2D eigenvalue weighted by atomic mass is 19.1. The van der Waals surface area contributed by atoms with Crippen LogP contribution in [0.25, 0.3) is 0 Å². The zero-order valence-electron chi connectivity index (χ0n) is 10.4. The third-order valence-corrected chi connectivity index (χ3v) is 3.04. The summed E-state index contributed by atoms with van der Waals surface area (Å²) in [4.78, 5) is 0. The number of rotatable bonds is 5. The summed E-state index contributed by atoms with van der Waals surface area (Å²) in [5.74, 6) is -1.23. The highest BCUT2D eigenvalue weighted by molar-refractivity contribution is 5.22. The summed E-state index contributed by atoms with van der Waals surface area (Å²) in [7, 11) is 1.51. The SMILES string of the molecule is CO[C@@H](CC(C#N)C#N)[C@@H](C)c1ccccc1F. The fourth-order valence-corrected chi connectivity index (χ4v) is 1.92. The molecule has 4 heteroatoms.